The minimum absolute atomic E-state index is 0.258. The summed E-state index contributed by atoms with van der Waals surface area (Å²) in [6, 6.07) is 10.4. The van der Waals surface area contributed by atoms with E-state index >= 15 is 0 Å². The number of rotatable bonds is 7. The Morgan fingerprint density at radius 1 is 1.32 bits per heavy atom. The molecule has 0 radical (unpaired) electrons. The van der Waals surface area contributed by atoms with E-state index < -0.39 is 5.60 Å². The number of aliphatic imine (C=N–C) groups is 1. The fourth-order valence-electron chi connectivity index (χ4n) is 2.51. The molecule has 3 N–H and O–H groups in total. The molecule has 0 aliphatic carbocycles. The van der Waals surface area contributed by atoms with Crippen molar-refractivity contribution in [3.8, 4) is 0 Å². The van der Waals surface area contributed by atoms with Crippen molar-refractivity contribution in [2.24, 2.45) is 12.0 Å². The number of aromatic nitrogens is 2. The van der Waals surface area contributed by atoms with E-state index in [1.165, 1.54) is 5.56 Å². The van der Waals surface area contributed by atoms with Crippen LogP contribution in [-0.4, -0.2) is 40.5 Å². The van der Waals surface area contributed by atoms with Crippen LogP contribution in [0.25, 0.3) is 0 Å². The maximum absolute atomic E-state index is 10.7. The Labute approximate surface area is 150 Å². The average Bonchev–Trinajstić information content (AvgIpc) is 3.05. The highest BCUT2D eigenvalue weighted by molar-refractivity contribution is 5.79. The summed E-state index contributed by atoms with van der Waals surface area (Å²) in [4.78, 5) is 4.54. The van der Waals surface area contributed by atoms with Crippen LogP contribution in [0.4, 0.5) is 0 Å². The molecule has 25 heavy (non-hydrogen) atoms. The van der Waals surface area contributed by atoms with E-state index in [0.29, 0.717) is 11.9 Å². The van der Waals surface area contributed by atoms with E-state index in [-0.39, 0.29) is 6.54 Å². The molecule has 0 aliphatic rings. The Morgan fingerprint density at radius 3 is 2.64 bits per heavy atom. The lowest BCUT2D eigenvalue weighted by Crippen LogP contribution is -2.40. The van der Waals surface area contributed by atoms with Gasteiger partial charge in [0.05, 0.1) is 12.7 Å². The van der Waals surface area contributed by atoms with Crippen molar-refractivity contribution in [1.82, 2.24) is 20.4 Å². The summed E-state index contributed by atoms with van der Waals surface area (Å²) in [5.41, 5.74) is 0.988. The molecule has 0 saturated heterocycles. The summed E-state index contributed by atoms with van der Waals surface area (Å²) in [5, 5.41) is 21.4. The van der Waals surface area contributed by atoms with Crippen LogP contribution in [0.5, 0.6) is 0 Å². The molecule has 2 aromatic rings. The topological polar surface area (TPSA) is 74.5 Å². The molecule has 2 rings (SSSR count). The first kappa shape index (κ1) is 19.0. The van der Waals surface area contributed by atoms with Gasteiger partial charge in [-0.3, -0.25) is 4.68 Å². The minimum Gasteiger partial charge on any atom is -0.383 e. The Bertz CT molecular complexity index is 678. The molecule has 1 heterocycles. The fraction of sp³-hybridized carbons (Fsp3) is 0.474. The molecule has 6 nitrogen and oxygen atoms in total. The van der Waals surface area contributed by atoms with Crippen molar-refractivity contribution in [2.45, 2.75) is 32.3 Å². The number of aliphatic hydroxyl groups is 1. The summed E-state index contributed by atoms with van der Waals surface area (Å²) in [5.74, 6) is 1.07. The Balaban J connectivity index is 1.98. The lowest BCUT2D eigenvalue weighted by Gasteiger charge is -2.21. The van der Waals surface area contributed by atoms with Crippen molar-refractivity contribution >= 4 is 5.96 Å². The maximum atomic E-state index is 10.7. The quantitative estimate of drug-likeness (QED) is 0.531. The number of nitrogens with zero attached hydrogens (tertiary/aromatic N) is 3. The second-order valence-electron chi connectivity index (χ2n) is 6.56. The smallest absolute Gasteiger partial charge is 0.191 e. The zero-order valence-corrected chi connectivity index (χ0v) is 15.5. The molecule has 0 fully saturated rings. The van der Waals surface area contributed by atoms with Crippen LogP contribution in [-0.2, 0) is 12.6 Å². The molecule has 2 atom stereocenters. The zero-order chi connectivity index (χ0) is 18.3. The third-order valence-corrected chi connectivity index (χ3v) is 4.16. The minimum atomic E-state index is -1.05. The van der Waals surface area contributed by atoms with Gasteiger partial charge in [-0.1, -0.05) is 37.3 Å². The van der Waals surface area contributed by atoms with E-state index in [0.717, 1.165) is 18.7 Å². The van der Waals surface area contributed by atoms with E-state index in [1.54, 1.807) is 17.8 Å². The zero-order valence-electron chi connectivity index (χ0n) is 15.5. The van der Waals surface area contributed by atoms with E-state index in [2.05, 4.69) is 51.9 Å². The number of benzene rings is 1. The Morgan fingerprint density at radius 2 is 2.04 bits per heavy atom. The van der Waals surface area contributed by atoms with Gasteiger partial charge in [-0.25, -0.2) is 4.99 Å². The Kier molecular flexibility index (Phi) is 6.58. The second kappa shape index (κ2) is 8.67. The van der Waals surface area contributed by atoms with Crippen molar-refractivity contribution in [2.75, 3.05) is 19.6 Å². The number of hydrogen-bond donors (Lipinski definition) is 3. The molecule has 2 unspecified atom stereocenters. The van der Waals surface area contributed by atoms with Crippen LogP contribution < -0.4 is 10.6 Å². The molecule has 0 amide bonds. The molecular formula is C19H29N5O. The summed E-state index contributed by atoms with van der Waals surface area (Å²) < 4.78 is 1.68. The van der Waals surface area contributed by atoms with Crippen molar-refractivity contribution < 1.29 is 5.11 Å². The van der Waals surface area contributed by atoms with Crippen LogP contribution in [0.3, 0.4) is 0 Å². The van der Waals surface area contributed by atoms with Gasteiger partial charge in [0.2, 0.25) is 0 Å². The van der Waals surface area contributed by atoms with E-state index in [9.17, 15) is 5.11 Å². The van der Waals surface area contributed by atoms with Crippen LogP contribution in [0, 0.1) is 0 Å². The van der Waals surface area contributed by atoms with E-state index in [4.69, 9.17) is 0 Å². The first-order valence-corrected chi connectivity index (χ1v) is 8.71. The van der Waals surface area contributed by atoms with Gasteiger partial charge >= 0.3 is 0 Å². The van der Waals surface area contributed by atoms with Crippen LogP contribution in [0.2, 0.25) is 0 Å². The Hall–Kier alpha value is -2.34. The van der Waals surface area contributed by atoms with Gasteiger partial charge < -0.3 is 15.7 Å². The van der Waals surface area contributed by atoms with Crippen LogP contribution >= 0.6 is 0 Å². The summed E-state index contributed by atoms with van der Waals surface area (Å²) in [6.45, 7) is 7.75. The molecule has 0 bridgehead atoms. The van der Waals surface area contributed by atoms with E-state index in [1.807, 2.05) is 26.2 Å². The number of hydrogen-bond acceptors (Lipinski definition) is 3. The molecule has 0 saturated carbocycles. The summed E-state index contributed by atoms with van der Waals surface area (Å²) in [6.07, 6.45) is 3.49. The summed E-state index contributed by atoms with van der Waals surface area (Å²) in [7, 11) is 1.83. The molecule has 0 aliphatic heterocycles. The van der Waals surface area contributed by atoms with Gasteiger partial charge in [0.1, 0.15) is 5.60 Å². The number of aryl methyl sites for hydroxylation is 1. The maximum Gasteiger partial charge on any atom is 0.191 e. The van der Waals surface area contributed by atoms with Gasteiger partial charge in [-0.2, -0.15) is 5.10 Å². The van der Waals surface area contributed by atoms with Crippen molar-refractivity contribution in [1.29, 1.82) is 0 Å². The third-order valence-electron chi connectivity index (χ3n) is 4.16. The number of guanidine groups is 1. The van der Waals surface area contributed by atoms with Crippen LogP contribution in [0.1, 0.15) is 37.8 Å². The highest BCUT2D eigenvalue weighted by Crippen LogP contribution is 2.20. The second-order valence-corrected chi connectivity index (χ2v) is 6.56. The van der Waals surface area contributed by atoms with Gasteiger partial charge in [0.15, 0.2) is 5.96 Å². The summed E-state index contributed by atoms with van der Waals surface area (Å²) >= 11 is 0. The normalized spacial score (nSPS) is 15.5. The number of nitrogens with one attached hydrogen (secondary N) is 2. The van der Waals surface area contributed by atoms with Gasteiger partial charge in [-0.05, 0) is 25.3 Å². The molecular weight excluding hydrogens is 314 g/mol. The first-order chi connectivity index (χ1) is 11.9. The monoisotopic (exact) mass is 343 g/mol. The third kappa shape index (κ3) is 5.60. The highest BCUT2D eigenvalue weighted by atomic mass is 16.3. The molecule has 6 heteroatoms. The molecule has 1 aromatic carbocycles. The van der Waals surface area contributed by atoms with Gasteiger partial charge in [0, 0.05) is 31.9 Å². The lowest BCUT2D eigenvalue weighted by molar-refractivity contribution is 0.0672. The predicted molar refractivity (Wildman–Crippen MR) is 102 cm³/mol. The van der Waals surface area contributed by atoms with Gasteiger partial charge in [-0.15, -0.1) is 0 Å². The first-order valence-electron chi connectivity index (χ1n) is 8.71. The average molecular weight is 343 g/mol. The molecule has 1 aromatic heterocycles. The lowest BCUT2D eigenvalue weighted by atomic mass is 10.0. The predicted octanol–water partition coefficient (Wildman–Crippen LogP) is 1.99. The fourth-order valence-corrected chi connectivity index (χ4v) is 2.51. The highest BCUT2D eigenvalue weighted by Gasteiger charge is 2.24. The molecule has 136 valence electrons. The largest absolute Gasteiger partial charge is 0.383 e. The van der Waals surface area contributed by atoms with Crippen molar-refractivity contribution in [3.05, 3.63) is 53.9 Å². The molecule has 0 spiro atoms. The standard InChI is InChI=1S/C19H29N5O/c1-5-20-18(21-11-15(2)16-9-7-6-8-10-16)22-14-19(3,25)17-12-23-24(4)13-17/h6-10,12-13,15,25H,5,11,14H2,1-4H3,(H2,20,21,22). The SMILES string of the molecule is CCNC(=NCC(C)(O)c1cnn(C)c1)NCC(C)c1ccccc1. The van der Waals surface area contributed by atoms with Crippen molar-refractivity contribution in [3.63, 3.8) is 0 Å². The van der Waals surface area contributed by atoms with Crippen LogP contribution in [0.15, 0.2) is 47.7 Å². The van der Waals surface area contributed by atoms with Gasteiger partial charge in [0.25, 0.3) is 0 Å².